The zero-order valence-electron chi connectivity index (χ0n) is 19.3. The summed E-state index contributed by atoms with van der Waals surface area (Å²) in [5.41, 5.74) is -0.756. The summed E-state index contributed by atoms with van der Waals surface area (Å²) in [4.78, 5) is 17.5. The normalized spacial score (nSPS) is 13.6. The number of aliphatic hydroxyl groups is 2. The van der Waals surface area contributed by atoms with Crippen LogP contribution in [-0.4, -0.2) is 46.4 Å². The van der Waals surface area contributed by atoms with Gasteiger partial charge in [-0.2, -0.15) is 13.2 Å². The van der Waals surface area contributed by atoms with E-state index in [0.717, 1.165) is 15.3 Å². The lowest BCUT2D eigenvalue weighted by molar-refractivity contribution is -0.207. The first-order valence-electron chi connectivity index (χ1n) is 10.9. The van der Waals surface area contributed by atoms with Gasteiger partial charge in [-0.15, -0.1) is 5.10 Å². The van der Waals surface area contributed by atoms with E-state index in [1.54, 1.807) is 0 Å². The molecule has 0 aliphatic carbocycles. The van der Waals surface area contributed by atoms with E-state index in [1.807, 2.05) is 0 Å². The van der Waals surface area contributed by atoms with Crippen molar-refractivity contribution in [2.75, 3.05) is 0 Å². The van der Waals surface area contributed by atoms with E-state index in [4.69, 9.17) is 34.8 Å². The highest BCUT2D eigenvalue weighted by atomic mass is 35.5. The number of aromatic nitrogens is 5. The van der Waals surface area contributed by atoms with Crippen LogP contribution in [0.1, 0.15) is 24.7 Å². The number of halogens is 7. The topological polar surface area (TPSA) is 98.1 Å². The van der Waals surface area contributed by atoms with Gasteiger partial charge in [0, 0.05) is 10.6 Å². The molecule has 8 nitrogen and oxygen atoms in total. The Morgan fingerprint density at radius 2 is 1.68 bits per heavy atom. The fourth-order valence-corrected chi connectivity index (χ4v) is 4.39. The third-order valence-corrected chi connectivity index (χ3v) is 6.53. The van der Waals surface area contributed by atoms with Crippen molar-refractivity contribution < 1.29 is 27.8 Å². The fourth-order valence-electron chi connectivity index (χ4n) is 3.71. The Balaban J connectivity index is 1.84. The SMILES string of the molecule is CC(O)c1nc(Cn2c(Cl)c(-c3ccc(Cl)cc3)n(CC(O)C(F)(F)F)c2=O)nn1-c1cccc(F)c1Cl. The van der Waals surface area contributed by atoms with Gasteiger partial charge in [0.15, 0.2) is 17.8 Å². The van der Waals surface area contributed by atoms with E-state index in [9.17, 15) is 32.6 Å². The molecule has 38 heavy (non-hydrogen) atoms. The Morgan fingerprint density at radius 1 is 1.03 bits per heavy atom. The number of imidazole rings is 1. The van der Waals surface area contributed by atoms with Gasteiger partial charge in [0.25, 0.3) is 0 Å². The number of hydrogen-bond acceptors (Lipinski definition) is 5. The molecule has 0 radical (unpaired) electrons. The Kier molecular flexibility index (Phi) is 7.91. The molecule has 0 amide bonds. The van der Waals surface area contributed by atoms with Crippen LogP contribution in [0.5, 0.6) is 0 Å². The van der Waals surface area contributed by atoms with Crippen LogP contribution >= 0.6 is 34.8 Å². The van der Waals surface area contributed by atoms with Crippen LogP contribution in [0.3, 0.4) is 0 Å². The fraction of sp³-hybridized carbons (Fsp3) is 0.261. The van der Waals surface area contributed by atoms with Crippen LogP contribution in [-0.2, 0) is 13.1 Å². The number of benzene rings is 2. The maximum atomic E-state index is 14.0. The minimum absolute atomic E-state index is 0.0403. The highest BCUT2D eigenvalue weighted by Gasteiger charge is 2.39. The van der Waals surface area contributed by atoms with Gasteiger partial charge < -0.3 is 10.2 Å². The second-order valence-electron chi connectivity index (χ2n) is 8.23. The molecule has 0 spiro atoms. The van der Waals surface area contributed by atoms with Crippen molar-refractivity contribution in [2.45, 2.75) is 38.4 Å². The molecule has 0 aliphatic heterocycles. The third kappa shape index (κ3) is 5.45. The van der Waals surface area contributed by atoms with Crippen LogP contribution in [0, 0.1) is 5.82 Å². The van der Waals surface area contributed by atoms with E-state index in [1.165, 1.54) is 43.3 Å². The molecule has 15 heteroatoms. The third-order valence-electron chi connectivity index (χ3n) is 5.52. The first kappa shape index (κ1) is 28.1. The molecule has 2 heterocycles. The minimum atomic E-state index is -5.00. The smallest absolute Gasteiger partial charge is 0.385 e. The Bertz CT molecular complexity index is 1530. The molecule has 0 aliphatic rings. The van der Waals surface area contributed by atoms with Crippen molar-refractivity contribution in [1.29, 1.82) is 0 Å². The summed E-state index contributed by atoms with van der Waals surface area (Å²) in [5, 5.41) is 23.9. The van der Waals surface area contributed by atoms with Crippen molar-refractivity contribution in [3.05, 3.63) is 85.6 Å². The molecule has 0 saturated carbocycles. The first-order valence-corrected chi connectivity index (χ1v) is 12.0. The second kappa shape index (κ2) is 10.7. The number of alkyl halides is 3. The van der Waals surface area contributed by atoms with Gasteiger partial charge in [-0.05, 0) is 31.2 Å². The number of nitrogens with zero attached hydrogens (tertiary/aromatic N) is 5. The summed E-state index contributed by atoms with van der Waals surface area (Å²) < 4.78 is 56.2. The number of rotatable bonds is 7. The Hall–Kier alpha value is -2.90. The predicted octanol–water partition coefficient (Wildman–Crippen LogP) is 5.02. The van der Waals surface area contributed by atoms with Crippen LogP contribution in [0.15, 0.2) is 47.3 Å². The summed E-state index contributed by atoms with van der Waals surface area (Å²) >= 11 is 18.5. The van der Waals surface area contributed by atoms with E-state index < -0.39 is 43.0 Å². The lowest BCUT2D eigenvalue weighted by Crippen LogP contribution is -2.37. The molecule has 0 saturated heterocycles. The highest BCUT2D eigenvalue weighted by molar-refractivity contribution is 6.33. The van der Waals surface area contributed by atoms with Gasteiger partial charge in [0.1, 0.15) is 22.1 Å². The summed E-state index contributed by atoms with van der Waals surface area (Å²) in [5.74, 6) is -0.868. The van der Waals surface area contributed by atoms with E-state index >= 15 is 0 Å². The van der Waals surface area contributed by atoms with Crippen LogP contribution in [0.2, 0.25) is 15.2 Å². The Labute approximate surface area is 227 Å². The van der Waals surface area contributed by atoms with Crippen LogP contribution in [0.4, 0.5) is 17.6 Å². The van der Waals surface area contributed by atoms with Crippen molar-refractivity contribution in [3.63, 3.8) is 0 Å². The minimum Gasteiger partial charge on any atom is -0.385 e. The summed E-state index contributed by atoms with van der Waals surface area (Å²) in [7, 11) is 0. The van der Waals surface area contributed by atoms with E-state index in [0.29, 0.717) is 9.59 Å². The largest absolute Gasteiger partial charge is 0.416 e. The molecule has 2 unspecified atom stereocenters. The van der Waals surface area contributed by atoms with Gasteiger partial charge in [-0.1, -0.05) is 53.0 Å². The first-order chi connectivity index (χ1) is 17.8. The summed E-state index contributed by atoms with van der Waals surface area (Å²) in [6, 6.07) is 9.75. The lowest BCUT2D eigenvalue weighted by atomic mass is 10.1. The van der Waals surface area contributed by atoms with Crippen LogP contribution < -0.4 is 5.69 Å². The number of aliphatic hydroxyl groups excluding tert-OH is 2. The standard InChI is InChI=1S/C23H18Cl3F4N5O3/c1-11(36)21-31-17(32-35(21)15-4-2-3-14(27)18(15)25)10-34-20(26)19(12-5-7-13(24)8-6-12)33(22(34)38)9-16(37)23(28,29)30/h2-8,11,16,36-37H,9-10H2,1H3. The van der Waals surface area contributed by atoms with Gasteiger partial charge in [-0.25, -0.2) is 18.9 Å². The molecule has 2 N–H and O–H groups in total. The molecule has 202 valence electrons. The van der Waals surface area contributed by atoms with Crippen LogP contribution in [0.25, 0.3) is 16.9 Å². The molecule has 2 aromatic heterocycles. The lowest BCUT2D eigenvalue weighted by Gasteiger charge is -2.16. The molecule has 2 aromatic carbocycles. The Morgan fingerprint density at radius 3 is 2.29 bits per heavy atom. The average molecular weight is 595 g/mol. The molecule has 0 bridgehead atoms. The van der Waals surface area contributed by atoms with Crippen molar-refractivity contribution >= 4 is 34.8 Å². The van der Waals surface area contributed by atoms with Crippen molar-refractivity contribution in [1.82, 2.24) is 23.9 Å². The summed E-state index contributed by atoms with van der Waals surface area (Å²) in [6.45, 7) is -0.190. The molecule has 4 aromatic rings. The number of hydrogen-bond donors (Lipinski definition) is 2. The maximum absolute atomic E-state index is 14.0. The highest BCUT2D eigenvalue weighted by Crippen LogP contribution is 2.31. The quantitative estimate of drug-likeness (QED) is 0.293. The van der Waals surface area contributed by atoms with E-state index in [-0.39, 0.29) is 38.8 Å². The molecule has 0 fully saturated rings. The van der Waals surface area contributed by atoms with Gasteiger partial charge >= 0.3 is 11.9 Å². The predicted molar refractivity (Wildman–Crippen MR) is 132 cm³/mol. The van der Waals surface area contributed by atoms with Gasteiger partial charge in [0.2, 0.25) is 0 Å². The average Bonchev–Trinajstić information content (AvgIpc) is 3.36. The van der Waals surface area contributed by atoms with Gasteiger partial charge in [0.05, 0.1) is 24.5 Å². The zero-order chi connectivity index (χ0) is 27.9. The van der Waals surface area contributed by atoms with Crippen molar-refractivity contribution in [2.24, 2.45) is 0 Å². The zero-order valence-corrected chi connectivity index (χ0v) is 21.6. The second-order valence-corrected chi connectivity index (χ2v) is 9.40. The monoisotopic (exact) mass is 593 g/mol. The summed E-state index contributed by atoms with van der Waals surface area (Å²) in [6.07, 6.45) is -9.05. The molecule has 4 rings (SSSR count). The van der Waals surface area contributed by atoms with Crippen molar-refractivity contribution in [3.8, 4) is 16.9 Å². The van der Waals surface area contributed by atoms with Gasteiger partial charge in [-0.3, -0.25) is 9.13 Å². The molecule has 2 atom stereocenters. The molecular formula is C23H18Cl3F4N5O3. The van der Waals surface area contributed by atoms with E-state index in [2.05, 4.69) is 10.1 Å². The molecular weight excluding hydrogens is 577 g/mol. The maximum Gasteiger partial charge on any atom is 0.416 e.